The zero-order valence-electron chi connectivity index (χ0n) is 9.28. The van der Waals surface area contributed by atoms with Crippen molar-refractivity contribution in [2.75, 3.05) is 25.1 Å². The maximum Gasteiger partial charge on any atom is 0.226 e. The predicted octanol–water partition coefficient (Wildman–Crippen LogP) is 1.05. The Hall–Kier alpha value is -1.17. The van der Waals surface area contributed by atoms with Gasteiger partial charge in [0.25, 0.3) is 0 Å². The number of morpholine rings is 1. The lowest BCUT2D eigenvalue weighted by atomic mass is 10.2. The van der Waals surface area contributed by atoms with E-state index in [4.69, 9.17) is 16.3 Å². The molecule has 0 spiro atoms. The lowest BCUT2D eigenvalue weighted by Crippen LogP contribution is -2.43. The Morgan fingerprint density at radius 3 is 3.29 bits per heavy atom. The number of anilines is 1. The van der Waals surface area contributed by atoms with Crippen LogP contribution < -0.4 is 10.6 Å². The Bertz CT molecular complexity index is 394. The first-order chi connectivity index (χ1) is 8.25. The Balaban J connectivity index is 1.86. The fourth-order valence-corrected chi connectivity index (χ4v) is 1.82. The zero-order chi connectivity index (χ0) is 12.1. The van der Waals surface area contributed by atoms with Gasteiger partial charge in [0.1, 0.15) is 0 Å². The summed E-state index contributed by atoms with van der Waals surface area (Å²) in [6.07, 6.45) is 1.94. The number of carbonyl (C=O) groups is 1. The van der Waals surface area contributed by atoms with Gasteiger partial charge < -0.3 is 15.4 Å². The van der Waals surface area contributed by atoms with Crippen LogP contribution in [0, 0.1) is 0 Å². The molecule has 0 saturated carbocycles. The zero-order valence-corrected chi connectivity index (χ0v) is 10.0. The molecule has 1 aromatic rings. The van der Waals surface area contributed by atoms with E-state index in [-0.39, 0.29) is 11.9 Å². The second kappa shape index (κ2) is 5.95. The fourth-order valence-electron chi connectivity index (χ4n) is 1.66. The maximum absolute atomic E-state index is 11.7. The molecule has 2 heterocycles. The van der Waals surface area contributed by atoms with Crippen LogP contribution in [0.3, 0.4) is 0 Å². The van der Waals surface area contributed by atoms with Gasteiger partial charge in [-0.3, -0.25) is 4.79 Å². The van der Waals surface area contributed by atoms with Crippen molar-refractivity contribution in [3.05, 3.63) is 23.5 Å². The van der Waals surface area contributed by atoms with E-state index in [0.717, 1.165) is 6.54 Å². The number of ether oxygens (including phenoxy) is 1. The number of halogens is 1. The highest BCUT2D eigenvalue weighted by Gasteiger charge is 2.17. The number of rotatable bonds is 3. The second-order valence-corrected chi connectivity index (χ2v) is 4.18. The number of aromatic nitrogens is 1. The van der Waals surface area contributed by atoms with Crippen LogP contribution >= 0.6 is 11.6 Å². The number of hydrogen-bond donors (Lipinski definition) is 2. The fraction of sp³-hybridized carbons (Fsp3) is 0.455. The molecule has 1 atom stereocenters. The standard InChI is InChI=1S/C11H14ClN3O2/c12-11-9(2-1-3-14-11)15-10(16)6-8-7-17-5-4-13-8/h1-3,8,13H,4-7H2,(H,15,16). The van der Waals surface area contributed by atoms with Crippen LogP contribution in [0.5, 0.6) is 0 Å². The first-order valence-corrected chi connectivity index (χ1v) is 5.85. The van der Waals surface area contributed by atoms with Gasteiger partial charge in [0.05, 0.1) is 18.9 Å². The number of carbonyl (C=O) groups excluding carboxylic acids is 1. The molecule has 0 aromatic carbocycles. The molecule has 0 radical (unpaired) electrons. The number of amides is 1. The Morgan fingerprint density at radius 2 is 2.59 bits per heavy atom. The molecule has 6 heteroatoms. The van der Waals surface area contributed by atoms with Crippen LogP contribution in [0.2, 0.25) is 5.15 Å². The molecular formula is C11H14ClN3O2. The van der Waals surface area contributed by atoms with Crippen LogP contribution in [0.1, 0.15) is 6.42 Å². The van der Waals surface area contributed by atoms with Crippen molar-refractivity contribution in [3.63, 3.8) is 0 Å². The summed E-state index contributed by atoms with van der Waals surface area (Å²) in [7, 11) is 0. The normalized spacial score (nSPS) is 19.9. The lowest BCUT2D eigenvalue weighted by molar-refractivity contribution is -0.117. The van der Waals surface area contributed by atoms with E-state index in [1.807, 2.05) is 0 Å². The minimum absolute atomic E-state index is 0.0687. The van der Waals surface area contributed by atoms with E-state index in [9.17, 15) is 4.79 Å². The summed E-state index contributed by atoms with van der Waals surface area (Å²) < 4.78 is 5.28. The molecule has 5 nitrogen and oxygen atoms in total. The highest BCUT2D eigenvalue weighted by atomic mass is 35.5. The summed E-state index contributed by atoms with van der Waals surface area (Å²) in [6, 6.07) is 3.51. The van der Waals surface area contributed by atoms with Gasteiger partial charge in [0.15, 0.2) is 5.15 Å². The summed E-state index contributed by atoms with van der Waals surface area (Å²) >= 11 is 5.84. The van der Waals surface area contributed by atoms with E-state index in [1.54, 1.807) is 18.3 Å². The molecule has 1 fully saturated rings. The molecule has 0 bridgehead atoms. The van der Waals surface area contributed by atoms with Gasteiger partial charge in [-0.2, -0.15) is 0 Å². The summed E-state index contributed by atoms with van der Waals surface area (Å²) in [4.78, 5) is 15.6. The van der Waals surface area contributed by atoms with E-state index >= 15 is 0 Å². The molecule has 1 unspecified atom stereocenters. The van der Waals surface area contributed by atoms with Crippen LogP contribution in [0.4, 0.5) is 5.69 Å². The molecular weight excluding hydrogens is 242 g/mol. The van der Waals surface area contributed by atoms with Crippen molar-refractivity contribution < 1.29 is 9.53 Å². The smallest absolute Gasteiger partial charge is 0.226 e. The predicted molar refractivity (Wildman–Crippen MR) is 65.1 cm³/mol. The highest BCUT2D eigenvalue weighted by molar-refractivity contribution is 6.32. The maximum atomic E-state index is 11.7. The van der Waals surface area contributed by atoms with Gasteiger partial charge in [-0.25, -0.2) is 4.98 Å². The van der Waals surface area contributed by atoms with Crippen LogP contribution in [-0.2, 0) is 9.53 Å². The summed E-state index contributed by atoms with van der Waals surface area (Å²) in [6.45, 7) is 2.05. The third-order valence-corrected chi connectivity index (χ3v) is 2.76. The molecule has 1 amide bonds. The van der Waals surface area contributed by atoms with E-state index in [2.05, 4.69) is 15.6 Å². The second-order valence-electron chi connectivity index (χ2n) is 3.82. The van der Waals surface area contributed by atoms with Gasteiger partial charge in [-0.15, -0.1) is 0 Å². The molecule has 0 aliphatic carbocycles. The first kappa shape index (κ1) is 12.3. The monoisotopic (exact) mass is 255 g/mol. The van der Waals surface area contributed by atoms with E-state index in [0.29, 0.717) is 30.5 Å². The summed E-state index contributed by atoms with van der Waals surface area (Å²) in [5.74, 6) is -0.0945. The van der Waals surface area contributed by atoms with Crippen molar-refractivity contribution in [2.24, 2.45) is 0 Å². The highest BCUT2D eigenvalue weighted by Crippen LogP contribution is 2.17. The van der Waals surface area contributed by atoms with Gasteiger partial charge in [0.2, 0.25) is 5.91 Å². The summed E-state index contributed by atoms with van der Waals surface area (Å²) in [5.41, 5.74) is 0.538. The Morgan fingerprint density at radius 1 is 1.71 bits per heavy atom. The lowest BCUT2D eigenvalue weighted by Gasteiger charge is -2.23. The van der Waals surface area contributed by atoms with Gasteiger partial charge in [0, 0.05) is 25.2 Å². The van der Waals surface area contributed by atoms with E-state index < -0.39 is 0 Å². The first-order valence-electron chi connectivity index (χ1n) is 5.47. The third-order valence-electron chi connectivity index (χ3n) is 2.46. The Labute approximate surface area is 105 Å². The molecule has 1 aromatic heterocycles. The van der Waals surface area contributed by atoms with Crippen LogP contribution in [0.15, 0.2) is 18.3 Å². The molecule has 1 aliphatic rings. The SMILES string of the molecule is O=C(CC1COCCN1)Nc1cccnc1Cl. The third kappa shape index (κ3) is 3.66. The van der Waals surface area contributed by atoms with Crippen molar-refractivity contribution in [3.8, 4) is 0 Å². The van der Waals surface area contributed by atoms with Crippen molar-refractivity contribution in [1.82, 2.24) is 10.3 Å². The number of pyridine rings is 1. The van der Waals surface area contributed by atoms with Crippen LogP contribution in [-0.4, -0.2) is 36.7 Å². The van der Waals surface area contributed by atoms with E-state index in [1.165, 1.54) is 0 Å². The molecule has 92 valence electrons. The van der Waals surface area contributed by atoms with Crippen molar-refractivity contribution >= 4 is 23.2 Å². The number of nitrogens with zero attached hydrogens (tertiary/aromatic N) is 1. The minimum atomic E-state index is -0.0945. The van der Waals surface area contributed by atoms with Crippen LogP contribution in [0.25, 0.3) is 0 Å². The largest absolute Gasteiger partial charge is 0.378 e. The quantitative estimate of drug-likeness (QED) is 0.793. The average Bonchev–Trinajstić information content (AvgIpc) is 2.33. The molecule has 17 heavy (non-hydrogen) atoms. The minimum Gasteiger partial charge on any atom is -0.378 e. The average molecular weight is 256 g/mol. The molecule has 2 rings (SSSR count). The topological polar surface area (TPSA) is 63.2 Å². The van der Waals surface area contributed by atoms with Crippen molar-refractivity contribution in [2.45, 2.75) is 12.5 Å². The Kier molecular flexibility index (Phi) is 4.30. The molecule has 2 N–H and O–H groups in total. The van der Waals surface area contributed by atoms with Gasteiger partial charge in [-0.05, 0) is 12.1 Å². The number of hydrogen-bond acceptors (Lipinski definition) is 4. The molecule has 1 saturated heterocycles. The van der Waals surface area contributed by atoms with Crippen molar-refractivity contribution in [1.29, 1.82) is 0 Å². The number of nitrogens with one attached hydrogen (secondary N) is 2. The molecule has 1 aliphatic heterocycles. The van der Waals surface area contributed by atoms with Gasteiger partial charge in [-0.1, -0.05) is 11.6 Å². The summed E-state index contributed by atoms with van der Waals surface area (Å²) in [5, 5.41) is 6.24. The van der Waals surface area contributed by atoms with Gasteiger partial charge >= 0.3 is 0 Å².